The van der Waals surface area contributed by atoms with Crippen molar-refractivity contribution >= 4 is 10.0 Å². The average Bonchev–Trinajstić information content (AvgIpc) is 3.15. The lowest BCUT2D eigenvalue weighted by Crippen LogP contribution is -2.41. The van der Waals surface area contributed by atoms with Gasteiger partial charge in [-0.05, 0) is 54.3 Å². The maximum Gasteiger partial charge on any atom is 0.240 e. The Kier molecular flexibility index (Phi) is 5.77. The zero-order valence-corrected chi connectivity index (χ0v) is 18.0. The molecule has 1 N–H and O–H groups in total. The summed E-state index contributed by atoms with van der Waals surface area (Å²) in [6.45, 7) is 3.48. The SMILES string of the molecule is Cc1ccc(F)cc1S(=O)(=O)NCC(c1cccn1C)N1CCc2ccccc2C1. The number of nitrogens with zero attached hydrogens (tertiary/aromatic N) is 2. The van der Waals surface area contributed by atoms with Crippen LogP contribution < -0.4 is 4.72 Å². The minimum absolute atomic E-state index is 0.0166. The molecule has 4 rings (SSSR count). The fraction of sp³-hybridized carbons (Fsp3) is 0.304. The molecule has 1 unspecified atom stereocenters. The maximum atomic E-state index is 13.7. The van der Waals surface area contributed by atoms with Crippen LogP contribution in [0.25, 0.3) is 0 Å². The smallest absolute Gasteiger partial charge is 0.240 e. The molecule has 0 spiro atoms. The zero-order valence-electron chi connectivity index (χ0n) is 17.2. The third-order valence-corrected chi connectivity index (χ3v) is 7.40. The van der Waals surface area contributed by atoms with E-state index in [1.807, 2.05) is 36.0 Å². The van der Waals surface area contributed by atoms with E-state index in [4.69, 9.17) is 0 Å². The van der Waals surface area contributed by atoms with E-state index < -0.39 is 15.8 Å². The molecule has 2 heterocycles. The maximum absolute atomic E-state index is 13.7. The highest BCUT2D eigenvalue weighted by atomic mass is 32.2. The summed E-state index contributed by atoms with van der Waals surface area (Å²) in [5.74, 6) is -0.562. The number of aromatic nitrogens is 1. The van der Waals surface area contributed by atoms with Crippen LogP contribution in [0, 0.1) is 12.7 Å². The Bertz CT molecular complexity index is 1160. The Hall–Kier alpha value is -2.48. The van der Waals surface area contributed by atoms with Gasteiger partial charge in [-0.15, -0.1) is 0 Å². The number of halogens is 1. The Morgan fingerprint density at radius 2 is 1.87 bits per heavy atom. The highest BCUT2D eigenvalue weighted by molar-refractivity contribution is 7.89. The molecule has 0 saturated carbocycles. The van der Waals surface area contributed by atoms with Crippen LogP contribution >= 0.6 is 0 Å². The number of fused-ring (bicyclic) bond motifs is 1. The van der Waals surface area contributed by atoms with Crippen LogP contribution in [0.1, 0.15) is 28.4 Å². The van der Waals surface area contributed by atoms with Gasteiger partial charge in [-0.1, -0.05) is 30.3 Å². The second kappa shape index (κ2) is 8.34. The van der Waals surface area contributed by atoms with E-state index >= 15 is 0 Å². The van der Waals surface area contributed by atoms with Crippen molar-refractivity contribution in [3.8, 4) is 0 Å². The Labute approximate surface area is 177 Å². The van der Waals surface area contributed by atoms with Gasteiger partial charge in [-0.3, -0.25) is 4.90 Å². The molecule has 1 atom stereocenters. The van der Waals surface area contributed by atoms with Crippen LogP contribution in [0.15, 0.2) is 65.7 Å². The summed E-state index contributed by atoms with van der Waals surface area (Å²) in [6, 6.07) is 16.1. The number of hydrogen-bond acceptors (Lipinski definition) is 3. The first-order valence-electron chi connectivity index (χ1n) is 10.0. The third-order valence-electron chi connectivity index (χ3n) is 5.83. The van der Waals surface area contributed by atoms with E-state index in [1.165, 1.54) is 23.3 Å². The number of hydrogen-bond donors (Lipinski definition) is 1. The lowest BCUT2D eigenvalue weighted by Gasteiger charge is -2.36. The van der Waals surface area contributed by atoms with Gasteiger partial charge >= 0.3 is 0 Å². The van der Waals surface area contributed by atoms with E-state index in [0.29, 0.717) is 5.56 Å². The van der Waals surface area contributed by atoms with Crippen molar-refractivity contribution < 1.29 is 12.8 Å². The first-order chi connectivity index (χ1) is 14.3. The summed E-state index contributed by atoms with van der Waals surface area (Å²) in [5.41, 5.74) is 4.17. The third kappa shape index (κ3) is 4.19. The highest BCUT2D eigenvalue weighted by Crippen LogP contribution is 2.28. The standard InChI is InChI=1S/C23H26FN3O2S/c1-17-9-10-20(24)14-23(17)30(28,29)25-15-22(21-8-5-12-26(21)2)27-13-11-18-6-3-4-7-19(18)16-27/h3-10,12,14,22,25H,11,13,15-16H2,1-2H3. The van der Waals surface area contributed by atoms with Crippen molar-refractivity contribution in [1.29, 1.82) is 0 Å². The molecule has 0 bridgehead atoms. The number of rotatable bonds is 6. The minimum atomic E-state index is -3.84. The van der Waals surface area contributed by atoms with Crippen molar-refractivity contribution in [1.82, 2.24) is 14.2 Å². The predicted molar refractivity (Wildman–Crippen MR) is 115 cm³/mol. The summed E-state index contributed by atoms with van der Waals surface area (Å²) in [7, 11) is -1.87. The molecule has 1 aliphatic heterocycles. The first-order valence-corrected chi connectivity index (χ1v) is 11.5. The molecule has 1 aromatic heterocycles. The van der Waals surface area contributed by atoms with E-state index in [0.717, 1.165) is 31.3 Å². The lowest BCUT2D eigenvalue weighted by atomic mass is 9.98. The van der Waals surface area contributed by atoms with Crippen molar-refractivity contribution in [2.45, 2.75) is 30.8 Å². The van der Waals surface area contributed by atoms with Crippen LogP contribution in [0.5, 0.6) is 0 Å². The molecular weight excluding hydrogens is 401 g/mol. The molecule has 7 heteroatoms. The molecule has 2 aromatic carbocycles. The van der Waals surface area contributed by atoms with Crippen molar-refractivity contribution in [3.05, 3.63) is 89.0 Å². The molecule has 30 heavy (non-hydrogen) atoms. The van der Waals surface area contributed by atoms with Crippen molar-refractivity contribution in [2.24, 2.45) is 7.05 Å². The first kappa shape index (κ1) is 20.8. The van der Waals surface area contributed by atoms with Gasteiger partial charge in [0.05, 0.1) is 10.9 Å². The molecule has 0 radical (unpaired) electrons. The van der Waals surface area contributed by atoms with Gasteiger partial charge in [0.2, 0.25) is 10.0 Å². The number of benzene rings is 2. The molecular formula is C23H26FN3O2S. The fourth-order valence-electron chi connectivity index (χ4n) is 4.15. The van der Waals surface area contributed by atoms with Gasteiger partial charge in [-0.25, -0.2) is 17.5 Å². The second-order valence-corrected chi connectivity index (χ2v) is 9.55. The Balaban J connectivity index is 1.60. The summed E-state index contributed by atoms with van der Waals surface area (Å²) >= 11 is 0. The Morgan fingerprint density at radius 1 is 1.10 bits per heavy atom. The summed E-state index contributed by atoms with van der Waals surface area (Å²) in [4.78, 5) is 2.29. The summed E-state index contributed by atoms with van der Waals surface area (Å²) in [5, 5.41) is 0. The van der Waals surface area contributed by atoms with Gasteiger partial charge in [0, 0.05) is 38.6 Å². The summed E-state index contributed by atoms with van der Waals surface area (Å²) < 4.78 is 44.3. The van der Waals surface area contributed by atoms with Crippen LogP contribution in [0.3, 0.4) is 0 Å². The van der Waals surface area contributed by atoms with Gasteiger partial charge in [0.1, 0.15) is 5.82 Å². The average molecular weight is 428 g/mol. The summed E-state index contributed by atoms with van der Waals surface area (Å²) in [6.07, 6.45) is 2.89. The molecule has 5 nitrogen and oxygen atoms in total. The van der Waals surface area contributed by atoms with Gasteiger partial charge in [-0.2, -0.15) is 0 Å². The molecule has 3 aromatic rings. The topological polar surface area (TPSA) is 54.3 Å². The van der Waals surface area contributed by atoms with E-state index in [2.05, 4.69) is 27.8 Å². The van der Waals surface area contributed by atoms with Crippen LogP contribution in [0.4, 0.5) is 4.39 Å². The number of sulfonamides is 1. The minimum Gasteiger partial charge on any atom is -0.353 e. The lowest BCUT2D eigenvalue weighted by molar-refractivity contribution is 0.174. The number of aryl methyl sites for hydroxylation is 2. The normalized spacial score (nSPS) is 15.7. The van der Waals surface area contributed by atoms with Gasteiger partial charge in [0.15, 0.2) is 0 Å². The Morgan fingerprint density at radius 3 is 2.60 bits per heavy atom. The molecule has 158 valence electrons. The zero-order chi connectivity index (χ0) is 21.3. The second-order valence-electron chi connectivity index (χ2n) is 7.81. The van der Waals surface area contributed by atoms with E-state index in [9.17, 15) is 12.8 Å². The van der Waals surface area contributed by atoms with Gasteiger partial charge in [0.25, 0.3) is 0 Å². The molecule has 0 fully saturated rings. The van der Waals surface area contributed by atoms with Crippen LogP contribution in [-0.2, 0) is 30.0 Å². The molecule has 0 amide bonds. The van der Waals surface area contributed by atoms with E-state index in [1.54, 1.807) is 6.92 Å². The highest BCUT2D eigenvalue weighted by Gasteiger charge is 2.28. The van der Waals surface area contributed by atoms with Crippen LogP contribution in [0.2, 0.25) is 0 Å². The fourth-order valence-corrected chi connectivity index (χ4v) is 5.45. The largest absolute Gasteiger partial charge is 0.353 e. The van der Waals surface area contributed by atoms with Gasteiger partial charge < -0.3 is 4.57 Å². The predicted octanol–water partition coefficient (Wildman–Crippen LogP) is 3.55. The molecule has 1 aliphatic rings. The van der Waals surface area contributed by atoms with Crippen LogP contribution in [-0.4, -0.2) is 31.0 Å². The number of nitrogens with one attached hydrogen (secondary N) is 1. The monoisotopic (exact) mass is 427 g/mol. The molecule has 0 aliphatic carbocycles. The van der Waals surface area contributed by atoms with E-state index in [-0.39, 0.29) is 17.5 Å². The van der Waals surface area contributed by atoms with Crippen molar-refractivity contribution in [3.63, 3.8) is 0 Å². The van der Waals surface area contributed by atoms with Crippen molar-refractivity contribution in [2.75, 3.05) is 13.1 Å². The quantitative estimate of drug-likeness (QED) is 0.655. The molecule has 0 saturated heterocycles.